The summed E-state index contributed by atoms with van der Waals surface area (Å²) in [5, 5.41) is 4.38. The minimum atomic E-state index is -4.05. The molecule has 0 fully saturated rings. The molecule has 4 aromatic rings. The van der Waals surface area contributed by atoms with Gasteiger partial charge in [0.05, 0.1) is 5.69 Å². The molecule has 0 saturated carbocycles. The topological polar surface area (TPSA) is 99.0 Å². The summed E-state index contributed by atoms with van der Waals surface area (Å²) >= 11 is 0. The Morgan fingerprint density at radius 1 is 1.00 bits per heavy atom. The summed E-state index contributed by atoms with van der Waals surface area (Å²) in [7, 11) is -4.05. The summed E-state index contributed by atoms with van der Waals surface area (Å²) in [5.41, 5.74) is 2.06. The van der Waals surface area contributed by atoms with Crippen molar-refractivity contribution in [3.05, 3.63) is 84.2 Å². The Labute approximate surface area is 178 Å². The highest BCUT2D eigenvalue weighted by Gasteiger charge is 2.18. The molecule has 0 spiro atoms. The van der Waals surface area contributed by atoms with Crippen molar-refractivity contribution in [2.45, 2.75) is 18.7 Å². The Bertz CT molecular complexity index is 1340. The molecular formula is C21H18FN5O3S. The molecule has 1 N–H and O–H groups in total. The molecule has 10 heteroatoms. The van der Waals surface area contributed by atoms with Crippen LogP contribution in [-0.2, 0) is 10.0 Å². The van der Waals surface area contributed by atoms with E-state index in [2.05, 4.69) is 19.8 Å². The second-order valence-electron chi connectivity index (χ2n) is 6.72. The summed E-state index contributed by atoms with van der Waals surface area (Å²) in [6, 6.07) is 14.9. The molecule has 0 aliphatic rings. The van der Waals surface area contributed by atoms with Gasteiger partial charge in [-0.15, -0.1) is 0 Å². The molecule has 158 valence electrons. The molecule has 0 unspecified atom stereocenters. The average molecular weight is 439 g/mol. The second-order valence-corrected chi connectivity index (χ2v) is 8.37. The van der Waals surface area contributed by atoms with Gasteiger partial charge in [0.1, 0.15) is 22.8 Å². The predicted octanol–water partition coefficient (Wildman–Crippen LogP) is 4.01. The first kappa shape index (κ1) is 20.5. The number of aromatic nitrogens is 4. The summed E-state index contributed by atoms with van der Waals surface area (Å²) in [6.07, 6.45) is 1.37. The van der Waals surface area contributed by atoms with E-state index in [1.54, 1.807) is 22.9 Å². The fourth-order valence-electron chi connectivity index (χ4n) is 2.95. The van der Waals surface area contributed by atoms with Crippen LogP contribution >= 0.6 is 0 Å². The van der Waals surface area contributed by atoms with Crippen LogP contribution in [0.15, 0.2) is 71.9 Å². The summed E-state index contributed by atoms with van der Waals surface area (Å²) in [6.45, 7) is 3.81. The largest absolute Gasteiger partial charge is 0.439 e. The van der Waals surface area contributed by atoms with Crippen molar-refractivity contribution in [1.82, 2.24) is 19.7 Å². The molecule has 2 heterocycles. The molecule has 2 aromatic carbocycles. The van der Waals surface area contributed by atoms with E-state index in [1.807, 2.05) is 19.9 Å². The molecule has 8 nitrogen and oxygen atoms in total. The fraction of sp³-hybridized carbons (Fsp3) is 0.0952. The van der Waals surface area contributed by atoms with Gasteiger partial charge in [0.25, 0.3) is 10.0 Å². The number of nitrogens with zero attached hydrogens (tertiary/aromatic N) is 4. The molecule has 0 atom stereocenters. The normalized spacial score (nSPS) is 11.3. The SMILES string of the molecule is Cc1cc(C)n(-c2cc(Oc3ccc(NS(=O)(=O)c4ccccc4F)cc3)ncn2)n1. The van der Waals surface area contributed by atoms with Crippen LogP contribution < -0.4 is 9.46 Å². The van der Waals surface area contributed by atoms with E-state index >= 15 is 0 Å². The molecule has 2 aromatic heterocycles. The lowest BCUT2D eigenvalue weighted by Crippen LogP contribution is -2.14. The van der Waals surface area contributed by atoms with E-state index in [-0.39, 0.29) is 5.69 Å². The van der Waals surface area contributed by atoms with Gasteiger partial charge in [0.2, 0.25) is 5.88 Å². The van der Waals surface area contributed by atoms with Gasteiger partial charge in [0.15, 0.2) is 5.82 Å². The number of rotatable bonds is 6. The van der Waals surface area contributed by atoms with Crippen molar-refractivity contribution >= 4 is 15.7 Å². The van der Waals surface area contributed by atoms with Crippen LogP contribution in [0, 0.1) is 19.7 Å². The molecule has 0 aliphatic heterocycles. The first-order valence-electron chi connectivity index (χ1n) is 9.23. The number of anilines is 1. The molecule has 0 bridgehead atoms. The molecule has 0 aliphatic carbocycles. The van der Waals surface area contributed by atoms with Gasteiger partial charge in [-0.1, -0.05) is 12.1 Å². The zero-order valence-corrected chi connectivity index (χ0v) is 17.5. The monoisotopic (exact) mass is 439 g/mol. The van der Waals surface area contributed by atoms with E-state index in [0.717, 1.165) is 17.5 Å². The second kappa shape index (κ2) is 8.15. The Hall–Kier alpha value is -3.79. The highest BCUT2D eigenvalue weighted by Crippen LogP contribution is 2.24. The predicted molar refractivity (Wildman–Crippen MR) is 112 cm³/mol. The molecule has 0 amide bonds. The number of aryl methyl sites for hydroxylation is 2. The van der Waals surface area contributed by atoms with Crippen molar-refractivity contribution in [3.63, 3.8) is 0 Å². The number of benzene rings is 2. The van der Waals surface area contributed by atoms with Crippen LogP contribution in [0.4, 0.5) is 10.1 Å². The van der Waals surface area contributed by atoms with Crippen molar-refractivity contribution in [2.75, 3.05) is 4.72 Å². The van der Waals surface area contributed by atoms with Crippen LogP contribution in [0.2, 0.25) is 0 Å². The van der Waals surface area contributed by atoms with E-state index in [0.29, 0.717) is 17.4 Å². The first-order chi connectivity index (χ1) is 14.8. The lowest BCUT2D eigenvalue weighted by molar-refractivity contribution is 0.460. The first-order valence-corrected chi connectivity index (χ1v) is 10.7. The van der Waals surface area contributed by atoms with Crippen LogP contribution in [-0.4, -0.2) is 28.2 Å². The minimum absolute atomic E-state index is 0.265. The number of hydrogen-bond acceptors (Lipinski definition) is 6. The molecule has 4 rings (SSSR count). The van der Waals surface area contributed by atoms with Crippen LogP contribution in [0.1, 0.15) is 11.4 Å². The van der Waals surface area contributed by atoms with E-state index in [1.165, 1.54) is 36.7 Å². The standard InChI is InChI=1S/C21H18FN5O3S/c1-14-11-15(2)27(25-14)20-12-21(24-13-23-20)30-17-9-7-16(8-10-17)26-31(28,29)19-6-4-3-5-18(19)22/h3-13,26H,1-2H3. The maximum atomic E-state index is 13.8. The van der Waals surface area contributed by atoms with Gasteiger partial charge in [-0.25, -0.2) is 27.5 Å². The van der Waals surface area contributed by atoms with Crippen molar-refractivity contribution in [1.29, 1.82) is 0 Å². The fourth-order valence-corrected chi connectivity index (χ4v) is 4.09. The number of sulfonamides is 1. The quantitative estimate of drug-likeness (QED) is 0.487. The maximum Gasteiger partial charge on any atom is 0.264 e. The Kier molecular flexibility index (Phi) is 5.38. The van der Waals surface area contributed by atoms with Crippen LogP contribution in [0.25, 0.3) is 5.82 Å². The lowest BCUT2D eigenvalue weighted by atomic mass is 10.3. The van der Waals surface area contributed by atoms with Crippen molar-refractivity contribution in [2.24, 2.45) is 0 Å². The van der Waals surface area contributed by atoms with Crippen LogP contribution in [0.5, 0.6) is 11.6 Å². The van der Waals surface area contributed by atoms with Crippen LogP contribution in [0.3, 0.4) is 0 Å². The summed E-state index contributed by atoms with van der Waals surface area (Å²) in [5.74, 6) is 0.478. The number of halogens is 1. The van der Waals surface area contributed by atoms with Gasteiger partial charge in [0, 0.05) is 17.4 Å². The lowest BCUT2D eigenvalue weighted by Gasteiger charge is -2.10. The highest BCUT2D eigenvalue weighted by atomic mass is 32.2. The zero-order chi connectivity index (χ0) is 22.0. The van der Waals surface area contributed by atoms with Gasteiger partial charge in [-0.3, -0.25) is 4.72 Å². The Morgan fingerprint density at radius 2 is 1.74 bits per heavy atom. The molecular weight excluding hydrogens is 421 g/mol. The summed E-state index contributed by atoms with van der Waals surface area (Å²) < 4.78 is 48.4. The highest BCUT2D eigenvalue weighted by molar-refractivity contribution is 7.92. The number of nitrogens with one attached hydrogen (secondary N) is 1. The van der Waals surface area contributed by atoms with Gasteiger partial charge >= 0.3 is 0 Å². The van der Waals surface area contributed by atoms with Crippen molar-refractivity contribution in [3.8, 4) is 17.4 Å². The molecule has 31 heavy (non-hydrogen) atoms. The molecule has 0 saturated heterocycles. The van der Waals surface area contributed by atoms with Gasteiger partial charge in [-0.2, -0.15) is 5.10 Å². The Morgan fingerprint density at radius 3 is 2.42 bits per heavy atom. The van der Waals surface area contributed by atoms with E-state index < -0.39 is 20.7 Å². The van der Waals surface area contributed by atoms with E-state index in [4.69, 9.17) is 4.74 Å². The average Bonchev–Trinajstić information content (AvgIpc) is 3.08. The molecule has 0 radical (unpaired) electrons. The minimum Gasteiger partial charge on any atom is -0.439 e. The van der Waals surface area contributed by atoms with E-state index in [9.17, 15) is 12.8 Å². The summed E-state index contributed by atoms with van der Waals surface area (Å²) in [4.78, 5) is 7.89. The number of hydrogen-bond donors (Lipinski definition) is 1. The Balaban J connectivity index is 1.50. The third-order valence-corrected chi connectivity index (χ3v) is 5.72. The third-order valence-electron chi connectivity index (χ3n) is 4.31. The zero-order valence-electron chi connectivity index (χ0n) is 16.7. The van der Waals surface area contributed by atoms with Crippen molar-refractivity contribution < 1.29 is 17.5 Å². The maximum absolute atomic E-state index is 13.8. The third kappa shape index (κ3) is 4.53. The smallest absolute Gasteiger partial charge is 0.264 e. The van der Waals surface area contributed by atoms with Gasteiger partial charge < -0.3 is 4.74 Å². The number of ether oxygens (including phenoxy) is 1. The van der Waals surface area contributed by atoms with Gasteiger partial charge in [-0.05, 0) is 56.3 Å².